The van der Waals surface area contributed by atoms with Crippen LogP contribution in [0.15, 0.2) is 53.5 Å². The van der Waals surface area contributed by atoms with E-state index in [0.717, 1.165) is 11.1 Å². The maximum atomic E-state index is 11.9. The van der Waals surface area contributed by atoms with Crippen LogP contribution in [0.25, 0.3) is 11.1 Å². The summed E-state index contributed by atoms with van der Waals surface area (Å²) in [6.45, 7) is 5.31. The molecular weight excluding hydrogens is 266 g/mol. The van der Waals surface area contributed by atoms with E-state index in [1.54, 1.807) is 33.0 Å². The number of pyridine rings is 1. The fraction of sp³-hybridized carbons (Fsp3) is 0.294. The van der Waals surface area contributed by atoms with Crippen LogP contribution in [0, 0.1) is 0 Å². The molecule has 0 aliphatic rings. The molecule has 1 aromatic heterocycles. The molecule has 0 bridgehead atoms. The van der Waals surface area contributed by atoms with Crippen LogP contribution in [0.2, 0.25) is 0 Å². The molecule has 0 unspecified atom stereocenters. The highest BCUT2D eigenvalue weighted by molar-refractivity contribution is 5.70. The molecule has 0 aliphatic carbocycles. The van der Waals surface area contributed by atoms with Crippen molar-refractivity contribution in [3.8, 4) is 11.1 Å². The normalized spacial score (nSPS) is 11.2. The molecule has 0 fully saturated rings. The topological polar surface area (TPSA) is 48.3 Å². The molecule has 0 spiro atoms. The molecule has 4 nitrogen and oxygen atoms in total. The highest BCUT2D eigenvalue weighted by atomic mass is 16.6. The zero-order valence-corrected chi connectivity index (χ0v) is 12.5. The lowest BCUT2D eigenvalue weighted by Gasteiger charge is -2.19. The lowest BCUT2D eigenvalue weighted by molar-refractivity contribution is -0.155. The van der Waals surface area contributed by atoms with Gasteiger partial charge in [-0.15, -0.1) is 0 Å². The van der Waals surface area contributed by atoms with E-state index in [4.69, 9.17) is 4.74 Å². The number of hydrogen-bond donors (Lipinski definition) is 0. The summed E-state index contributed by atoms with van der Waals surface area (Å²) in [6.07, 6.45) is 1.68. The molecule has 0 radical (unpaired) electrons. The second-order valence-electron chi connectivity index (χ2n) is 5.84. The van der Waals surface area contributed by atoms with E-state index >= 15 is 0 Å². The van der Waals surface area contributed by atoms with E-state index in [-0.39, 0.29) is 12.1 Å². The van der Waals surface area contributed by atoms with Crippen molar-refractivity contribution in [2.75, 3.05) is 0 Å². The van der Waals surface area contributed by atoms with Crippen LogP contribution in [0.4, 0.5) is 0 Å². The van der Waals surface area contributed by atoms with Crippen LogP contribution in [0.1, 0.15) is 20.8 Å². The lowest BCUT2D eigenvalue weighted by atomic mass is 10.1. The summed E-state index contributed by atoms with van der Waals surface area (Å²) in [5.41, 5.74) is 1.10. The number of nitrogens with zero attached hydrogens (tertiary/aromatic N) is 1. The van der Waals surface area contributed by atoms with Crippen molar-refractivity contribution in [3.05, 3.63) is 59.0 Å². The second-order valence-corrected chi connectivity index (χ2v) is 5.84. The Balaban J connectivity index is 2.25. The minimum Gasteiger partial charge on any atom is -0.459 e. The van der Waals surface area contributed by atoms with Gasteiger partial charge in [-0.25, -0.2) is 0 Å². The van der Waals surface area contributed by atoms with Crippen molar-refractivity contribution in [1.82, 2.24) is 4.57 Å². The van der Waals surface area contributed by atoms with Crippen molar-refractivity contribution < 1.29 is 9.53 Å². The van der Waals surface area contributed by atoms with Crippen molar-refractivity contribution in [2.24, 2.45) is 0 Å². The maximum Gasteiger partial charge on any atom is 0.326 e. The molecule has 1 heterocycles. The van der Waals surface area contributed by atoms with Gasteiger partial charge < -0.3 is 9.30 Å². The maximum absolute atomic E-state index is 11.9. The Morgan fingerprint density at radius 2 is 1.71 bits per heavy atom. The predicted octanol–water partition coefficient (Wildman–Crippen LogP) is 2.86. The first-order valence-corrected chi connectivity index (χ1v) is 6.83. The molecule has 1 aromatic carbocycles. The van der Waals surface area contributed by atoms with Crippen LogP contribution in [-0.4, -0.2) is 16.1 Å². The zero-order chi connectivity index (χ0) is 15.5. The minimum absolute atomic E-state index is 0.0865. The van der Waals surface area contributed by atoms with Gasteiger partial charge in [0.05, 0.1) is 0 Å². The van der Waals surface area contributed by atoms with E-state index < -0.39 is 11.6 Å². The SMILES string of the molecule is CC(C)(C)OC(=O)Cn1cc(-c2ccccc2)ccc1=O. The lowest BCUT2D eigenvalue weighted by Crippen LogP contribution is -2.30. The molecular formula is C17H19NO3. The number of benzene rings is 1. The van der Waals surface area contributed by atoms with Crippen molar-refractivity contribution in [2.45, 2.75) is 32.9 Å². The van der Waals surface area contributed by atoms with Gasteiger partial charge in [0.1, 0.15) is 12.1 Å². The molecule has 21 heavy (non-hydrogen) atoms. The van der Waals surface area contributed by atoms with Crippen LogP contribution in [0.3, 0.4) is 0 Å². The van der Waals surface area contributed by atoms with Gasteiger partial charge in [-0.2, -0.15) is 0 Å². The van der Waals surface area contributed by atoms with Gasteiger partial charge in [-0.3, -0.25) is 9.59 Å². The van der Waals surface area contributed by atoms with Gasteiger partial charge in [0, 0.05) is 12.3 Å². The summed E-state index contributed by atoms with van der Waals surface area (Å²) in [4.78, 5) is 23.7. The molecule has 0 atom stereocenters. The largest absolute Gasteiger partial charge is 0.459 e. The fourth-order valence-electron chi connectivity index (χ4n) is 1.97. The first-order valence-electron chi connectivity index (χ1n) is 6.83. The number of ether oxygens (including phenoxy) is 1. The van der Waals surface area contributed by atoms with Gasteiger partial charge >= 0.3 is 5.97 Å². The molecule has 2 aromatic rings. The minimum atomic E-state index is -0.558. The zero-order valence-electron chi connectivity index (χ0n) is 12.5. The Morgan fingerprint density at radius 3 is 2.33 bits per heavy atom. The summed E-state index contributed by atoms with van der Waals surface area (Å²) in [6, 6.07) is 12.9. The van der Waals surface area contributed by atoms with Crippen LogP contribution < -0.4 is 5.56 Å². The quantitative estimate of drug-likeness (QED) is 0.815. The fourth-order valence-corrected chi connectivity index (χ4v) is 1.97. The average Bonchev–Trinajstić information content (AvgIpc) is 2.40. The Labute approximate surface area is 124 Å². The number of aromatic nitrogens is 1. The Bertz CT molecular complexity index is 681. The van der Waals surface area contributed by atoms with E-state index in [1.165, 1.54) is 10.6 Å². The molecule has 0 aliphatic heterocycles. The summed E-state index contributed by atoms with van der Waals surface area (Å²) < 4.78 is 6.61. The summed E-state index contributed by atoms with van der Waals surface area (Å²) >= 11 is 0. The van der Waals surface area contributed by atoms with Crippen molar-refractivity contribution in [1.29, 1.82) is 0 Å². The average molecular weight is 285 g/mol. The third-order valence-electron chi connectivity index (χ3n) is 2.81. The predicted molar refractivity (Wildman–Crippen MR) is 82.0 cm³/mol. The molecule has 0 saturated heterocycles. The first kappa shape index (κ1) is 15.0. The van der Waals surface area contributed by atoms with Crippen LogP contribution in [0.5, 0.6) is 0 Å². The van der Waals surface area contributed by atoms with Gasteiger partial charge in [-0.05, 0) is 38.0 Å². The van der Waals surface area contributed by atoms with E-state index in [2.05, 4.69) is 0 Å². The van der Waals surface area contributed by atoms with Gasteiger partial charge in [0.2, 0.25) is 0 Å². The molecule has 0 saturated carbocycles. The molecule has 0 N–H and O–H groups in total. The number of carbonyl (C=O) groups excluding carboxylic acids is 1. The molecule has 0 amide bonds. The molecule has 4 heteroatoms. The van der Waals surface area contributed by atoms with Crippen molar-refractivity contribution in [3.63, 3.8) is 0 Å². The standard InChI is InChI=1S/C17H19NO3/c1-17(2,3)21-16(20)12-18-11-14(9-10-15(18)19)13-7-5-4-6-8-13/h4-11H,12H2,1-3H3. The Hall–Kier alpha value is -2.36. The van der Waals surface area contributed by atoms with Crippen molar-refractivity contribution >= 4 is 5.97 Å². The Kier molecular flexibility index (Phi) is 4.26. The molecule has 2 rings (SSSR count). The number of esters is 1. The summed E-state index contributed by atoms with van der Waals surface area (Å²) in [5, 5.41) is 0. The first-order chi connectivity index (χ1) is 9.85. The van der Waals surface area contributed by atoms with Crippen LogP contribution in [-0.2, 0) is 16.1 Å². The second kappa shape index (κ2) is 5.95. The van der Waals surface area contributed by atoms with Gasteiger partial charge in [-0.1, -0.05) is 30.3 Å². The third kappa shape index (κ3) is 4.31. The number of carbonyl (C=O) groups is 1. The van der Waals surface area contributed by atoms with Crippen LogP contribution >= 0.6 is 0 Å². The van der Waals surface area contributed by atoms with Gasteiger partial charge in [0.25, 0.3) is 5.56 Å². The number of rotatable bonds is 3. The van der Waals surface area contributed by atoms with E-state index in [1.807, 2.05) is 30.3 Å². The highest BCUT2D eigenvalue weighted by Crippen LogP contribution is 2.17. The van der Waals surface area contributed by atoms with Gasteiger partial charge in [0.15, 0.2) is 0 Å². The molecule has 110 valence electrons. The summed E-state index contributed by atoms with van der Waals surface area (Å²) in [5.74, 6) is -0.421. The third-order valence-corrected chi connectivity index (χ3v) is 2.81. The number of hydrogen-bond acceptors (Lipinski definition) is 3. The smallest absolute Gasteiger partial charge is 0.326 e. The van der Waals surface area contributed by atoms with E-state index in [0.29, 0.717) is 0 Å². The summed E-state index contributed by atoms with van der Waals surface area (Å²) in [7, 11) is 0. The highest BCUT2D eigenvalue weighted by Gasteiger charge is 2.17. The Morgan fingerprint density at radius 1 is 1.05 bits per heavy atom. The van der Waals surface area contributed by atoms with E-state index in [9.17, 15) is 9.59 Å². The monoisotopic (exact) mass is 285 g/mol.